The van der Waals surface area contributed by atoms with Crippen LogP contribution in [0.25, 0.3) is 0 Å². The van der Waals surface area contributed by atoms with Gasteiger partial charge in [0.1, 0.15) is 6.04 Å². The number of carbonyl (C=O) groups is 3. The number of likely N-dealkylation sites (tertiary alicyclic amines) is 1. The van der Waals surface area contributed by atoms with E-state index in [-0.39, 0.29) is 53.5 Å². The van der Waals surface area contributed by atoms with E-state index in [2.05, 4.69) is 22.5 Å². The number of aryl methyl sites for hydroxylation is 2. The number of anilines is 1. The first-order valence-corrected chi connectivity index (χ1v) is 15.2. The quantitative estimate of drug-likeness (QED) is 0.243. The van der Waals surface area contributed by atoms with Crippen molar-refractivity contribution in [2.24, 2.45) is 17.8 Å². The molecule has 0 radical (unpaired) electrons. The molecule has 9 heteroatoms. The minimum Gasteiger partial charge on any atom is -0.466 e. The van der Waals surface area contributed by atoms with Gasteiger partial charge in [0.2, 0.25) is 5.91 Å². The molecule has 0 aromatic heterocycles. The van der Waals surface area contributed by atoms with Crippen LogP contribution in [0.4, 0.5) is 5.69 Å². The number of halogens is 1. The van der Waals surface area contributed by atoms with Gasteiger partial charge in [0.05, 0.1) is 35.8 Å². The second kappa shape index (κ2) is 11.3. The monoisotopic (exact) mass is 606 g/mol. The number of rotatable bonds is 10. The molecule has 0 aliphatic carbocycles. The lowest BCUT2D eigenvalue weighted by molar-refractivity contribution is -0.154. The average molecular weight is 608 g/mol. The topological polar surface area (TPSA) is 87.2 Å². The molecule has 4 rings (SSSR count). The van der Waals surface area contributed by atoms with Crippen molar-refractivity contribution < 1.29 is 24.2 Å². The number of hydrogen-bond acceptors (Lipinski definition) is 6. The summed E-state index contributed by atoms with van der Waals surface area (Å²) in [6, 6.07) is 4.55. The SMILES string of the molecule is C=CCN(C(=O)C1N([C@@H](CO)CC(C)C)C(=O)[C@@H]2[C@@H](C(=O)OCC)[C@@H]3SC12CC3Br)c1c(C)cccc1C. The van der Waals surface area contributed by atoms with Crippen LogP contribution in [0.5, 0.6) is 0 Å². The first kappa shape index (κ1) is 29.2. The molecule has 3 heterocycles. The number of fused-ring (bicyclic) bond motifs is 1. The average Bonchev–Trinajstić information content (AvgIpc) is 3.45. The van der Waals surface area contributed by atoms with Crippen LogP contribution in [-0.2, 0) is 19.1 Å². The minimum atomic E-state index is -0.829. The molecule has 1 N–H and O–H groups in total. The fourth-order valence-electron chi connectivity index (χ4n) is 6.87. The zero-order valence-electron chi connectivity index (χ0n) is 22.9. The second-order valence-corrected chi connectivity index (χ2v) is 13.8. The molecule has 208 valence electrons. The number of aliphatic hydroxyl groups is 1. The van der Waals surface area contributed by atoms with Crippen LogP contribution >= 0.6 is 27.7 Å². The number of para-hydroxylation sites is 1. The molecule has 38 heavy (non-hydrogen) atoms. The van der Waals surface area contributed by atoms with E-state index in [1.165, 1.54) is 0 Å². The summed E-state index contributed by atoms with van der Waals surface area (Å²) in [7, 11) is 0. The van der Waals surface area contributed by atoms with E-state index >= 15 is 0 Å². The highest BCUT2D eigenvalue weighted by atomic mass is 79.9. The molecule has 2 bridgehead atoms. The van der Waals surface area contributed by atoms with Crippen LogP contribution in [-0.4, -0.2) is 74.5 Å². The van der Waals surface area contributed by atoms with Crippen molar-refractivity contribution in [3.63, 3.8) is 0 Å². The van der Waals surface area contributed by atoms with Crippen LogP contribution < -0.4 is 4.90 Å². The number of thioether (sulfide) groups is 1. The van der Waals surface area contributed by atoms with Gasteiger partial charge < -0.3 is 19.6 Å². The van der Waals surface area contributed by atoms with E-state index < -0.39 is 28.7 Å². The van der Waals surface area contributed by atoms with Crippen molar-refractivity contribution in [3.05, 3.63) is 42.0 Å². The number of hydrogen-bond donors (Lipinski definition) is 1. The number of benzene rings is 1. The molecule has 3 saturated heterocycles. The fraction of sp³-hybridized carbons (Fsp3) is 0.621. The van der Waals surface area contributed by atoms with Gasteiger partial charge in [0.15, 0.2) is 0 Å². The van der Waals surface area contributed by atoms with Crippen molar-refractivity contribution in [2.75, 3.05) is 24.7 Å². The number of nitrogens with zero attached hydrogens (tertiary/aromatic N) is 2. The summed E-state index contributed by atoms with van der Waals surface area (Å²) in [5.41, 5.74) is 2.72. The minimum absolute atomic E-state index is 0.0352. The highest BCUT2D eigenvalue weighted by Crippen LogP contribution is 2.68. The summed E-state index contributed by atoms with van der Waals surface area (Å²) < 4.78 is 4.65. The molecule has 1 spiro atoms. The normalized spacial score (nSPS) is 30.5. The van der Waals surface area contributed by atoms with Crippen LogP contribution in [0.3, 0.4) is 0 Å². The highest BCUT2D eigenvalue weighted by molar-refractivity contribution is 9.09. The van der Waals surface area contributed by atoms with Gasteiger partial charge in [0.25, 0.3) is 5.91 Å². The van der Waals surface area contributed by atoms with Gasteiger partial charge in [-0.3, -0.25) is 14.4 Å². The van der Waals surface area contributed by atoms with E-state index in [1.807, 2.05) is 45.9 Å². The molecular formula is C29H39BrN2O5S. The van der Waals surface area contributed by atoms with Gasteiger partial charge >= 0.3 is 5.97 Å². The van der Waals surface area contributed by atoms with E-state index in [9.17, 15) is 19.5 Å². The molecule has 7 nitrogen and oxygen atoms in total. The predicted octanol–water partition coefficient (Wildman–Crippen LogP) is 4.26. The summed E-state index contributed by atoms with van der Waals surface area (Å²) >= 11 is 5.37. The van der Waals surface area contributed by atoms with Crippen LogP contribution in [0.1, 0.15) is 44.7 Å². The largest absolute Gasteiger partial charge is 0.466 e. The second-order valence-electron chi connectivity index (χ2n) is 11.1. The number of carbonyl (C=O) groups excluding carboxylic acids is 3. The van der Waals surface area contributed by atoms with Crippen molar-refractivity contribution in [3.8, 4) is 0 Å². The number of aliphatic hydroxyl groups excluding tert-OH is 1. The van der Waals surface area contributed by atoms with Crippen LogP contribution in [0, 0.1) is 31.6 Å². The maximum atomic E-state index is 14.8. The van der Waals surface area contributed by atoms with Gasteiger partial charge in [-0.05, 0) is 50.7 Å². The third-order valence-electron chi connectivity index (χ3n) is 8.15. The Morgan fingerprint density at radius 2 is 2.00 bits per heavy atom. The standard InChI is InChI=1S/C29H39BrN2O5S/c1-7-12-31(23-17(5)10-9-11-18(23)6)27(35)25-29-14-20(30)24(38-29)21(28(36)37-8-2)22(29)26(34)32(25)19(15-33)13-16(3)4/h7,9-11,16,19-22,24-25,33H,1,8,12-15H2,2-6H3/t19-,20?,21-,22+,24-,25?,29?/m1/s1. The summed E-state index contributed by atoms with van der Waals surface area (Å²) in [6.45, 7) is 14.0. The Bertz CT molecular complexity index is 1090. The Balaban J connectivity index is 1.88. The molecule has 7 atom stereocenters. The number of esters is 1. The number of alkyl halides is 1. The highest BCUT2D eigenvalue weighted by Gasteiger charge is 2.76. The molecule has 3 unspecified atom stereocenters. The Kier molecular flexibility index (Phi) is 8.70. The van der Waals surface area contributed by atoms with Crippen LogP contribution in [0.15, 0.2) is 30.9 Å². The third kappa shape index (κ3) is 4.62. The van der Waals surface area contributed by atoms with Gasteiger partial charge in [-0.1, -0.05) is 54.1 Å². The summed E-state index contributed by atoms with van der Waals surface area (Å²) in [6.07, 6.45) is 2.83. The number of amides is 2. The Morgan fingerprint density at radius 3 is 2.55 bits per heavy atom. The maximum Gasteiger partial charge on any atom is 0.310 e. The zero-order chi connectivity index (χ0) is 27.9. The summed E-state index contributed by atoms with van der Waals surface area (Å²) in [4.78, 5) is 45.7. The van der Waals surface area contributed by atoms with Crippen molar-refractivity contribution in [2.45, 2.75) is 74.4 Å². The van der Waals surface area contributed by atoms with Crippen molar-refractivity contribution in [1.29, 1.82) is 0 Å². The fourth-order valence-corrected chi connectivity index (χ4v) is 10.4. The van der Waals surface area contributed by atoms with Gasteiger partial charge in [-0.2, -0.15) is 0 Å². The lowest BCUT2D eigenvalue weighted by Gasteiger charge is -2.40. The molecule has 2 amide bonds. The molecule has 3 fully saturated rings. The molecule has 3 aliphatic heterocycles. The number of ether oxygens (including phenoxy) is 1. The Labute approximate surface area is 238 Å². The molecule has 3 aliphatic rings. The van der Waals surface area contributed by atoms with Gasteiger partial charge in [-0.15, -0.1) is 18.3 Å². The van der Waals surface area contributed by atoms with E-state index in [1.54, 1.807) is 34.6 Å². The Morgan fingerprint density at radius 1 is 1.34 bits per heavy atom. The zero-order valence-corrected chi connectivity index (χ0v) is 25.3. The first-order valence-electron chi connectivity index (χ1n) is 13.4. The van der Waals surface area contributed by atoms with Crippen molar-refractivity contribution >= 4 is 51.2 Å². The van der Waals surface area contributed by atoms with Gasteiger partial charge in [-0.25, -0.2) is 0 Å². The van der Waals surface area contributed by atoms with Crippen LogP contribution in [0.2, 0.25) is 0 Å². The maximum absolute atomic E-state index is 14.8. The van der Waals surface area contributed by atoms with E-state index in [0.29, 0.717) is 12.8 Å². The summed E-state index contributed by atoms with van der Waals surface area (Å²) in [5.74, 6) is -1.93. The lowest BCUT2D eigenvalue weighted by atomic mass is 9.71. The van der Waals surface area contributed by atoms with Gasteiger partial charge in [0, 0.05) is 22.3 Å². The van der Waals surface area contributed by atoms with E-state index in [0.717, 1.165) is 16.8 Å². The molecule has 0 saturated carbocycles. The van der Waals surface area contributed by atoms with Crippen molar-refractivity contribution in [1.82, 2.24) is 4.90 Å². The first-order chi connectivity index (χ1) is 18.0. The smallest absolute Gasteiger partial charge is 0.310 e. The van der Waals surface area contributed by atoms with E-state index in [4.69, 9.17) is 4.74 Å². The molecule has 1 aromatic rings. The third-order valence-corrected chi connectivity index (χ3v) is 11.4. The lowest BCUT2D eigenvalue weighted by Crippen LogP contribution is -2.58. The molecule has 1 aromatic carbocycles. The summed E-state index contributed by atoms with van der Waals surface area (Å²) in [5, 5.41) is 10.3. The molecular weight excluding hydrogens is 568 g/mol. The predicted molar refractivity (Wildman–Crippen MR) is 154 cm³/mol. The Hall–Kier alpha value is -1.84.